The molecule has 2 rings (SSSR count). The Morgan fingerprint density at radius 2 is 1.21 bits per heavy atom. The molecular weight excluding hydrogens is 415 g/mol. The van der Waals surface area contributed by atoms with Crippen molar-refractivity contribution in [2.24, 2.45) is 0 Å². The quantitative estimate of drug-likeness (QED) is 0.639. The molecule has 0 radical (unpaired) electrons. The monoisotopic (exact) mass is 422 g/mol. The van der Waals surface area contributed by atoms with Gasteiger partial charge in [0.2, 0.25) is 0 Å². The van der Waals surface area contributed by atoms with E-state index in [1.54, 1.807) is 6.07 Å². The Bertz CT molecular complexity index is 571. The maximum absolute atomic E-state index is 9.66. The number of phenols is 1. The van der Waals surface area contributed by atoms with Crippen molar-refractivity contribution in [3.63, 3.8) is 0 Å². The van der Waals surface area contributed by atoms with Gasteiger partial charge in [0.15, 0.2) is 0 Å². The Balaban J connectivity index is 2.14. The molecule has 0 amide bonds. The molecule has 0 saturated carbocycles. The van der Waals surface area contributed by atoms with Crippen LogP contribution < -0.4 is 0 Å². The first-order chi connectivity index (χ1) is 8.95. The largest absolute Gasteiger partial charge is 0.506 e. The highest BCUT2D eigenvalue weighted by Gasteiger charge is 2.06. The highest BCUT2D eigenvalue weighted by molar-refractivity contribution is 9.11. The molecule has 2 aromatic rings. The lowest BCUT2D eigenvalue weighted by Crippen LogP contribution is -1.92. The van der Waals surface area contributed by atoms with Crippen molar-refractivity contribution in [3.05, 3.63) is 60.4 Å². The minimum absolute atomic E-state index is 0.217. The molecule has 1 N–H and O–H groups in total. The zero-order valence-electron chi connectivity index (χ0n) is 9.76. The number of halogens is 4. The van der Waals surface area contributed by atoms with Gasteiger partial charge in [-0.15, -0.1) is 0 Å². The van der Waals surface area contributed by atoms with Crippen LogP contribution in [0.4, 0.5) is 0 Å². The molecule has 0 saturated heterocycles. The van der Waals surface area contributed by atoms with Gasteiger partial charge in [0.25, 0.3) is 0 Å². The number of hydrogen-bond acceptors (Lipinski definition) is 1. The summed E-state index contributed by atoms with van der Waals surface area (Å²) in [5.41, 5.74) is 2.21. The van der Waals surface area contributed by atoms with Crippen LogP contribution in [0.5, 0.6) is 5.75 Å². The summed E-state index contributed by atoms with van der Waals surface area (Å²) in [4.78, 5) is 0. The third kappa shape index (κ3) is 4.12. The van der Waals surface area contributed by atoms with Crippen LogP contribution >= 0.6 is 55.1 Å². The molecule has 1 nitrogen and oxygen atoms in total. The predicted octanol–water partition coefficient (Wildman–Crippen LogP) is 6.01. The molecule has 5 heteroatoms. The van der Waals surface area contributed by atoms with Crippen LogP contribution in [0.25, 0.3) is 0 Å². The first-order valence-electron chi connectivity index (χ1n) is 5.57. The van der Waals surface area contributed by atoms with Gasteiger partial charge in [-0.2, -0.15) is 0 Å². The molecule has 2 aromatic carbocycles. The third-order valence-corrected chi connectivity index (χ3v) is 4.35. The second-order valence-corrected chi connectivity index (χ2v) is 6.77. The first kappa shape index (κ1) is 15.2. The van der Waals surface area contributed by atoms with Crippen LogP contribution in [0.15, 0.2) is 39.3 Å². The van der Waals surface area contributed by atoms with Gasteiger partial charge in [-0.1, -0.05) is 23.2 Å². The molecule has 0 atom stereocenters. The molecule has 0 heterocycles. The van der Waals surface area contributed by atoms with Gasteiger partial charge in [-0.3, -0.25) is 0 Å². The van der Waals surface area contributed by atoms with Crippen LogP contribution in [-0.2, 0) is 12.8 Å². The summed E-state index contributed by atoms with van der Waals surface area (Å²) in [5.74, 6) is 0.217. The molecule has 0 spiro atoms. The molecule has 19 heavy (non-hydrogen) atoms. The third-order valence-electron chi connectivity index (χ3n) is 2.70. The minimum atomic E-state index is 0.217. The van der Waals surface area contributed by atoms with Crippen LogP contribution in [-0.4, -0.2) is 5.11 Å². The minimum Gasteiger partial charge on any atom is -0.506 e. The van der Waals surface area contributed by atoms with E-state index < -0.39 is 0 Å². The van der Waals surface area contributed by atoms with Crippen molar-refractivity contribution in [2.45, 2.75) is 12.8 Å². The molecule has 0 aliphatic carbocycles. The van der Waals surface area contributed by atoms with Gasteiger partial charge in [-0.25, -0.2) is 0 Å². The van der Waals surface area contributed by atoms with Crippen molar-refractivity contribution in [3.8, 4) is 5.75 Å². The van der Waals surface area contributed by atoms with E-state index in [2.05, 4.69) is 31.9 Å². The van der Waals surface area contributed by atoms with Gasteiger partial charge in [0, 0.05) is 10.0 Å². The standard InChI is InChI=1S/C14H10Br2Cl2O/c15-12-5-9(6-13(16)14(12)19)2-1-8-3-10(17)7-11(18)4-8/h3-7,19H,1-2H2. The van der Waals surface area contributed by atoms with Crippen molar-refractivity contribution < 1.29 is 5.11 Å². The number of hydrogen-bond donors (Lipinski definition) is 1. The Labute approximate surface area is 138 Å². The Morgan fingerprint density at radius 1 is 0.789 bits per heavy atom. The number of phenolic OH excluding ortho intramolecular Hbond substituents is 1. The fourth-order valence-electron chi connectivity index (χ4n) is 1.81. The van der Waals surface area contributed by atoms with Crippen LogP contribution in [0.3, 0.4) is 0 Å². The van der Waals surface area contributed by atoms with E-state index in [1.807, 2.05) is 24.3 Å². The normalized spacial score (nSPS) is 10.7. The number of rotatable bonds is 3. The predicted molar refractivity (Wildman–Crippen MR) is 87.4 cm³/mol. The lowest BCUT2D eigenvalue weighted by molar-refractivity contribution is 0.468. The molecule has 100 valence electrons. The topological polar surface area (TPSA) is 20.2 Å². The SMILES string of the molecule is Oc1c(Br)cc(CCc2cc(Cl)cc(Cl)c2)cc1Br. The number of benzene rings is 2. The number of aryl methyl sites for hydroxylation is 2. The van der Waals surface area contributed by atoms with E-state index in [-0.39, 0.29) is 5.75 Å². The summed E-state index contributed by atoms with van der Waals surface area (Å²) in [6.45, 7) is 0. The van der Waals surface area contributed by atoms with E-state index >= 15 is 0 Å². The van der Waals surface area contributed by atoms with Crippen molar-refractivity contribution in [1.29, 1.82) is 0 Å². The van der Waals surface area contributed by atoms with E-state index in [1.165, 1.54) is 0 Å². The average molecular weight is 425 g/mol. The molecule has 0 aromatic heterocycles. The summed E-state index contributed by atoms with van der Waals surface area (Å²) in [6, 6.07) is 9.37. The molecule has 0 unspecified atom stereocenters. The van der Waals surface area contributed by atoms with Gasteiger partial charge in [-0.05, 0) is 86.2 Å². The lowest BCUT2D eigenvalue weighted by atomic mass is 10.0. The van der Waals surface area contributed by atoms with Gasteiger partial charge in [0.05, 0.1) is 8.95 Å². The van der Waals surface area contributed by atoms with Gasteiger partial charge < -0.3 is 5.11 Å². The molecular formula is C14H10Br2Cl2O. The van der Waals surface area contributed by atoms with Crippen molar-refractivity contribution in [2.75, 3.05) is 0 Å². The van der Waals surface area contributed by atoms with E-state index in [0.29, 0.717) is 19.0 Å². The van der Waals surface area contributed by atoms with Crippen molar-refractivity contribution in [1.82, 2.24) is 0 Å². The highest BCUT2D eigenvalue weighted by Crippen LogP contribution is 2.33. The summed E-state index contributed by atoms with van der Waals surface area (Å²) in [6.07, 6.45) is 1.68. The smallest absolute Gasteiger partial charge is 0.143 e. The van der Waals surface area contributed by atoms with Crippen LogP contribution in [0.1, 0.15) is 11.1 Å². The van der Waals surface area contributed by atoms with Gasteiger partial charge >= 0.3 is 0 Å². The maximum Gasteiger partial charge on any atom is 0.143 e. The summed E-state index contributed by atoms with van der Waals surface area (Å²) in [5, 5.41) is 11.0. The second kappa shape index (κ2) is 6.49. The maximum atomic E-state index is 9.66. The average Bonchev–Trinajstić information content (AvgIpc) is 2.32. The summed E-state index contributed by atoms with van der Waals surface area (Å²) >= 11 is 18.6. The molecule has 0 aliphatic heterocycles. The van der Waals surface area contributed by atoms with Crippen LogP contribution in [0, 0.1) is 0 Å². The Morgan fingerprint density at radius 3 is 1.68 bits per heavy atom. The summed E-state index contributed by atoms with van der Waals surface area (Å²) in [7, 11) is 0. The zero-order valence-corrected chi connectivity index (χ0v) is 14.4. The first-order valence-corrected chi connectivity index (χ1v) is 7.92. The molecule has 0 aliphatic rings. The highest BCUT2D eigenvalue weighted by atomic mass is 79.9. The zero-order chi connectivity index (χ0) is 14.0. The number of aromatic hydroxyl groups is 1. The second-order valence-electron chi connectivity index (χ2n) is 4.19. The molecule has 0 bridgehead atoms. The Hall–Kier alpha value is -0.220. The van der Waals surface area contributed by atoms with Crippen molar-refractivity contribution >= 4 is 55.1 Å². The van der Waals surface area contributed by atoms with E-state index in [0.717, 1.165) is 24.0 Å². The summed E-state index contributed by atoms with van der Waals surface area (Å²) < 4.78 is 1.36. The van der Waals surface area contributed by atoms with E-state index in [4.69, 9.17) is 23.2 Å². The van der Waals surface area contributed by atoms with Gasteiger partial charge in [0.1, 0.15) is 5.75 Å². The van der Waals surface area contributed by atoms with E-state index in [9.17, 15) is 5.11 Å². The lowest BCUT2D eigenvalue weighted by Gasteiger charge is -2.07. The molecule has 0 fully saturated rings. The fourth-order valence-corrected chi connectivity index (χ4v) is 3.66. The fraction of sp³-hybridized carbons (Fsp3) is 0.143. The van der Waals surface area contributed by atoms with Crippen LogP contribution in [0.2, 0.25) is 10.0 Å². The Kier molecular flexibility index (Phi) is 5.18.